The fourth-order valence-corrected chi connectivity index (χ4v) is 0.762. The van der Waals surface area contributed by atoms with E-state index in [1.54, 1.807) is 0 Å². The molecule has 0 nitrogen and oxygen atoms in total. The Balaban J connectivity index is 3.20. The summed E-state index contributed by atoms with van der Waals surface area (Å²) in [4.78, 5) is 0.587. The van der Waals surface area contributed by atoms with Crippen LogP contribution in [-0.4, -0.2) is 4.83 Å². The molecule has 54 valence electrons. The van der Waals surface area contributed by atoms with E-state index in [-0.39, 0.29) is 0 Å². The summed E-state index contributed by atoms with van der Waals surface area (Å²) in [6.07, 6.45) is 8.11. The van der Waals surface area contributed by atoms with Crippen LogP contribution in [0.3, 0.4) is 0 Å². The van der Waals surface area contributed by atoms with E-state index in [2.05, 4.69) is 41.9 Å². The highest BCUT2D eigenvalue weighted by molar-refractivity contribution is 9.09. The van der Waals surface area contributed by atoms with E-state index in [0.717, 1.165) is 0 Å². The van der Waals surface area contributed by atoms with E-state index in [0.29, 0.717) is 4.83 Å². The first-order valence-corrected chi connectivity index (χ1v) is 4.53. The lowest BCUT2D eigenvalue weighted by Gasteiger charge is -1.95. The fraction of sp³-hybridized carbons (Fsp3) is 0.750. The van der Waals surface area contributed by atoms with Crippen molar-refractivity contribution < 1.29 is 0 Å². The molecular formula is C8H15Br. The lowest BCUT2D eigenvalue weighted by Crippen LogP contribution is -1.86. The molecule has 0 aliphatic carbocycles. The van der Waals surface area contributed by atoms with Crippen LogP contribution in [-0.2, 0) is 0 Å². The van der Waals surface area contributed by atoms with Crippen molar-refractivity contribution in [2.75, 3.05) is 0 Å². The van der Waals surface area contributed by atoms with Gasteiger partial charge in [0.2, 0.25) is 0 Å². The van der Waals surface area contributed by atoms with Crippen LogP contribution in [0, 0.1) is 0 Å². The molecule has 0 fully saturated rings. The molecule has 0 aliphatic rings. The van der Waals surface area contributed by atoms with Gasteiger partial charge in [0.25, 0.3) is 0 Å². The molecule has 1 heteroatoms. The molecule has 0 heterocycles. The molecule has 0 bridgehead atoms. The fourth-order valence-electron chi connectivity index (χ4n) is 0.547. The van der Waals surface area contributed by atoms with Crippen LogP contribution in [0.5, 0.6) is 0 Å². The normalized spacial score (nSPS) is 14.6. The highest BCUT2D eigenvalue weighted by Crippen LogP contribution is 2.06. The first-order chi connectivity index (χ1) is 4.31. The molecule has 0 saturated heterocycles. The zero-order chi connectivity index (χ0) is 7.11. The van der Waals surface area contributed by atoms with E-state index in [1.807, 2.05) is 0 Å². The second kappa shape index (κ2) is 6.34. The van der Waals surface area contributed by atoms with Crippen molar-refractivity contribution in [2.45, 2.75) is 37.9 Å². The van der Waals surface area contributed by atoms with Gasteiger partial charge in [-0.3, -0.25) is 0 Å². The molecule has 0 aromatic rings. The largest absolute Gasteiger partial charge is 0.0874 e. The Labute approximate surface area is 66.5 Å². The quantitative estimate of drug-likeness (QED) is 0.471. The predicted molar refractivity (Wildman–Crippen MR) is 47.1 cm³/mol. The van der Waals surface area contributed by atoms with Crippen molar-refractivity contribution in [3.05, 3.63) is 12.2 Å². The number of hydrogen-bond acceptors (Lipinski definition) is 0. The van der Waals surface area contributed by atoms with Crippen molar-refractivity contribution in [1.29, 1.82) is 0 Å². The zero-order valence-electron chi connectivity index (χ0n) is 6.23. The summed E-state index contributed by atoms with van der Waals surface area (Å²) < 4.78 is 0. The van der Waals surface area contributed by atoms with E-state index in [4.69, 9.17) is 0 Å². The third-order valence-corrected chi connectivity index (χ3v) is 2.14. The average molecular weight is 191 g/mol. The standard InChI is InChI=1S/C8H15Br/c1-3-5-6-7-8(9)4-2/h6-8H,3-5H2,1-2H3/b7-6+. The molecule has 0 N–H and O–H groups in total. The molecule has 1 atom stereocenters. The van der Waals surface area contributed by atoms with Gasteiger partial charge in [-0.15, -0.1) is 0 Å². The third-order valence-electron chi connectivity index (χ3n) is 1.19. The van der Waals surface area contributed by atoms with Gasteiger partial charge in [-0.2, -0.15) is 0 Å². The molecule has 0 aromatic carbocycles. The summed E-state index contributed by atoms with van der Waals surface area (Å²) in [6, 6.07) is 0. The summed E-state index contributed by atoms with van der Waals surface area (Å²) in [5, 5.41) is 0. The first-order valence-electron chi connectivity index (χ1n) is 3.62. The molecule has 0 spiro atoms. The van der Waals surface area contributed by atoms with Gasteiger partial charge in [0.05, 0.1) is 0 Å². The molecule has 0 saturated carbocycles. The number of alkyl halides is 1. The molecule has 0 rings (SSSR count). The SMILES string of the molecule is CCC/C=C/C(Br)CC. The minimum atomic E-state index is 0.587. The van der Waals surface area contributed by atoms with Crippen molar-refractivity contribution >= 4 is 15.9 Å². The van der Waals surface area contributed by atoms with Crippen LogP contribution in [0.2, 0.25) is 0 Å². The number of rotatable bonds is 4. The van der Waals surface area contributed by atoms with Crippen molar-refractivity contribution in [3.8, 4) is 0 Å². The predicted octanol–water partition coefficient (Wildman–Crippen LogP) is 3.52. The van der Waals surface area contributed by atoms with Crippen molar-refractivity contribution in [2.24, 2.45) is 0 Å². The number of halogens is 1. The maximum atomic E-state index is 3.52. The number of allylic oxidation sites excluding steroid dienone is 2. The minimum Gasteiger partial charge on any atom is -0.0874 e. The molecule has 9 heavy (non-hydrogen) atoms. The summed E-state index contributed by atoms with van der Waals surface area (Å²) in [6.45, 7) is 4.37. The van der Waals surface area contributed by atoms with Gasteiger partial charge in [-0.05, 0) is 12.8 Å². The highest BCUT2D eigenvalue weighted by Gasteiger charge is 1.90. The van der Waals surface area contributed by atoms with Crippen LogP contribution in [0.4, 0.5) is 0 Å². The topological polar surface area (TPSA) is 0 Å². The smallest absolute Gasteiger partial charge is 0.0322 e. The summed E-state index contributed by atoms with van der Waals surface area (Å²) >= 11 is 3.52. The Morgan fingerprint density at radius 1 is 1.44 bits per heavy atom. The van der Waals surface area contributed by atoms with Crippen LogP contribution in [0.15, 0.2) is 12.2 Å². The van der Waals surface area contributed by atoms with E-state index < -0.39 is 0 Å². The molecular weight excluding hydrogens is 176 g/mol. The van der Waals surface area contributed by atoms with Gasteiger partial charge in [0.1, 0.15) is 0 Å². The first kappa shape index (κ1) is 9.22. The van der Waals surface area contributed by atoms with Crippen molar-refractivity contribution in [1.82, 2.24) is 0 Å². The van der Waals surface area contributed by atoms with Gasteiger partial charge in [0, 0.05) is 4.83 Å². The molecule has 0 radical (unpaired) electrons. The van der Waals surface area contributed by atoms with Crippen LogP contribution in [0.1, 0.15) is 33.1 Å². The second-order valence-corrected chi connectivity index (χ2v) is 3.32. The van der Waals surface area contributed by atoms with Gasteiger partial charge in [-0.1, -0.05) is 48.4 Å². The Morgan fingerprint density at radius 3 is 2.56 bits per heavy atom. The Morgan fingerprint density at radius 2 is 2.11 bits per heavy atom. The van der Waals surface area contributed by atoms with Gasteiger partial charge in [-0.25, -0.2) is 0 Å². The van der Waals surface area contributed by atoms with Crippen LogP contribution < -0.4 is 0 Å². The third kappa shape index (κ3) is 6.10. The summed E-state index contributed by atoms with van der Waals surface area (Å²) in [5.74, 6) is 0. The molecule has 1 unspecified atom stereocenters. The maximum Gasteiger partial charge on any atom is 0.0322 e. The maximum absolute atomic E-state index is 3.52. The van der Waals surface area contributed by atoms with Crippen LogP contribution in [0.25, 0.3) is 0 Å². The zero-order valence-corrected chi connectivity index (χ0v) is 7.82. The molecule has 0 aliphatic heterocycles. The van der Waals surface area contributed by atoms with Gasteiger partial charge in [0.15, 0.2) is 0 Å². The van der Waals surface area contributed by atoms with E-state index >= 15 is 0 Å². The van der Waals surface area contributed by atoms with E-state index in [1.165, 1.54) is 19.3 Å². The van der Waals surface area contributed by atoms with Crippen molar-refractivity contribution in [3.63, 3.8) is 0 Å². The van der Waals surface area contributed by atoms with Crippen LogP contribution >= 0.6 is 15.9 Å². The monoisotopic (exact) mass is 190 g/mol. The number of unbranched alkanes of at least 4 members (excludes halogenated alkanes) is 1. The lowest BCUT2D eigenvalue weighted by atomic mass is 10.2. The Hall–Kier alpha value is 0.220. The average Bonchev–Trinajstić information content (AvgIpc) is 1.89. The van der Waals surface area contributed by atoms with E-state index in [9.17, 15) is 0 Å². The lowest BCUT2D eigenvalue weighted by molar-refractivity contribution is 0.935. The summed E-state index contributed by atoms with van der Waals surface area (Å²) in [7, 11) is 0. The minimum absolute atomic E-state index is 0.587. The Bertz CT molecular complexity index is 76.6. The Kier molecular flexibility index (Phi) is 6.50. The molecule has 0 amide bonds. The number of hydrogen-bond donors (Lipinski definition) is 0. The second-order valence-electron chi connectivity index (χ2n) is 2.14. The summed E-state index contributed by atoms with van der Waals surface area (Å²) in [5.41, 5.74) is 0. The highest BCUT2D eigenvalue weighted by atomic mass is 79.9. The van der Waals surface area contributed by atoms with Gasteiger partial charge < -0.3 is 0 Å². The van der Waals surface area contributed by atoms with Gasteiger partial charge >= 0.3 is 0 Å². The molecule has 0 aromatic heterocycles.